The van der Waals surface area contributed by atoms with E-state index in [9.17, 15) is 0 Å². The Kier molecular flexibility index (Phi) is 3.13. The maximum absolute atomic E-state index is 2.53. The van der Waals surface area contributed by atoms with Crippen LogP contribution in [0.3, 0.4) is 0 Å². The van der Waals surface area contributed by atoms with Gasteiger partial charge in [0.05, 0.1) is 0 Å². The van der Waals surface area contributed by atoms with Gasteiger partial charge < -0.3 is 4.90 Å². The van der Waals surface area contributed by atoms with E-state index in [2.05, 4.69) is 31.7 Å². The van der Waals surface area contributed by atoms with Crippen LogP contribution < -0.4 is 0 Å². The molecular formula is C10H19N. The van der Waals surface area contributed by atoms with Gasteiger partial charge in [0.2, 0.25) is 0 Å². The highest BCUT2D eigenvalue weighted by Gasteiger charge is 2.21. The zero-order valence-corrected chi connectivity index (χ0v) is 7.93. The van der Waals surface area contributed by atoms with Crippen LogP contribution in [0.2, 0.25) is 0 Å². The van der Waals surface area contributed by atoms with Gasteiger partial charge in [0.25, 0.3) is 0 Å². The molecule has 1 saturated heterocycles. The molecule has 1 nitrogen and oxygen atoms in total. The Morgan fingerprint density at radius 3 is 2.82 bits per heavy atom. The molecule has 64 valence electrons. The summed E-state index contributed by atoms with van der Waals surface area (Å²) in [5.41, 5.74) is 1.57. The molecule has 1 aliphatic heterocycles. The van der Waals surface area contributed by atoms with Crippen molar-refractivity contribution in [3.63, 3.8) is 0 Å². The van der Waals surface area contributed by atoms with Gasteiger partial charge in [-0.25, -0.2) is 0 Å². The molecule has 0 radical (unpaired) electrons. The van der Waals surface area contributed by atoms with Crippen LogP contribution in [0, 0.1) is 5.92 Å². The summed E-state index contributed by atoms with van der Waals surface area (Å²) in [6.07, 6.45) is 3.62. The molecule has 1 atom stereocenters. The van der Waals surface area contributed by atoms with Crippen LogP contribution in [0.4, 0.5) is 0 Å². The second kappa shape index (κ2) is 3.91. The second-order valence-corrected chi connectivity index (χ2v) is 3.41. The van der Waals surface area contributed by atoms with E-state index in [1.807, 2.05) is 0 Å². The van der Waals surface area contributed by atoms with Crippen molar-refractivity contribution in [2.75, 3.05) is 19.6 Å². The van der Waals surface area contributed by atoms with Crippen molar-refractivity contribution in [2.24, 2.45) is 5.92 Å². The molecule has 1 rings (SSSR count). The summed E-state index contributed by atoms with van der Waals surface area (Å²) in [7, 11) is 0. The topological polar surface area (TPSA) is 3.24 Å². The van der Waals surface area contributed by atoms with Crippen molar-refractivity contribution in [1.82, 2.24) is 4.90 Å². The van der Waals surface area contributed by atoms with Gasteiger partial charge in [0.15, 0.2) is 0 Å². The van der Waals surface area contributed by atoms with Crippen molar-refractivity contribution < 1.29 is 0 Å². The molecule has 1 heteroatoms. The van der Waals surface area contributed by atoms with Crippen molar-refractivity contribution in [3.05, 3.63) is 11.6 Å². The van der Waals surface area contributed by atoms with Gasteiger partial charge >= 0.3 is 0 Å². The van der Waals surface area contributed by atoms with E-state index >= 15 is 0 Å². The Bertz CT molecular complexity index is 149. The maximum Gasteiger partial charge on any atom is 0.00473 e. The van der Waals surface area contributed by atoms with Gasteiger partial charge in [-0.05, 0) is 39.3 Å². The molecule has 1 aliphatic rings. The molecule has 0 aromatic heterocycles. The highest BCUT2D eigenvalue weighted by molar-refractivity contribution is 5.04. The number of hydrogen-bond donors (Lipinski definition) is 0. The lowest BCUT2D eigenvalue weighted by Crippen LogP contribution is -2.19. The average Bonchev–Trinajstić information content (AvgIpc) is 2.50. The first-order valence-corrected chi connectivity index (χ1v) is 4.63. The largest absolute Gasteiger partial charge is 0.303 e. The first kappa shape index (κ1) is 8.79. The number of likely N-dealkylation sites (tertiary alicyclic amines) is 1. The Balaban J connectivity index is 2.41. The molecule has 0 aromatic rings. The molecule has 0 spiro atoms. The third kappa shape index (κ3) is 2.06. The van der Waals surface area contributed by atoms with E-state index in [1.54, 1.807) is 5.57 Å². The lowest BCUT2D eigenvalue weighted by Gasteiger charge is -2.13. The minimum absolute atomic E-state index is 0.847. The van der Waals surface area contributed by atoms with Crippen LogP contribution in [0.5, 0.6) is 0 Å². The van der Waals surface area contributed by atoms with Crippen molar-refractivity contribution in [1.29, 1.82) is 0 Å². The van der Waals surface area contributed by atoms with Gasteiger partial charge in [-0.2, -0.15) is 0 Å². The SMILES string of the molecule is CC=C(C)C1CCN(CC)C1. The highest BCUT2D eigenvalue weighted by atomic mass is 15.1. The number of nitrogens with zero attached hydrogens (tertiary/aromatic N) is 1. The zero-order valence-electron chi connectivity index (χ0n) is 7.93. The normalized spacial score (nSPS) is 27.9. The van der Waals surface area contributed by atoms with E-state index in [0.717, 1.165) is 5.92 Å². The summed E-state index contributed by atoms with van der Waals surface area (Å²) in [6.45, 7) is 10.4. The highest BCUT2D eigenvalue weighted by Crippen LogP contribution is 2.22. The van der Waals surface area contributed by atoms with Crippen molar-refractivity contribution in [3.8, 4) is 0 Å². The van der Waals surface area contributed by atoms with Crippen LogP contribution in [-0.2, 0) is 0 Å². The molecule has 1 fully saturated rings. The Hall–Kier alpha value is -0.300. The summed E-state index contributed by atoms with van der Waals surface area (Å²) in [6, 6.07) is 0. The maximum atomic E-state index is 2.53. The predicted octanol–water partition coefficient (Wildman–Crippen LogP) is 2.29. The molecule has 0 aliphatic carbocycles. The van der Waals surface area contributed by atoms with E-state index < -0.39 is 0 Å². The standard InChI is InChI=1S/C10H19N/c1-4-9(3)10-6-7-11(5-2)8-10/h4,10H,5-8H2,1-3H3. The van der Waals surface area contributed by atoms with Gasteiger partial charge in [-0.15, -0.1) is 0 Å². The van der Waals surface area contributed by atoms with Crippen LogP contribution in [-0.4, -0.2) is 24.5 Å². The Morgan fingerprint density at radius 1 is 1.64 bits per heavy atom. The first-order chi connectivity index (χ1) is 5.27. The van der Waals surface area contributed by atoms with Crippen LogP contribution in [0.15, 0.2) is 11.6 Å². The summed E-state index contributed by atoms with van der Waals surface area (Å²) in [5, 5.41) is 0. The summed E-state index contributed by atoms with van der Waals surface area (Å²) in [4.78, 5) is 2.53. The predicted molar refractivity (Wildman–Crippen MR) is 49.7 cm³/mol. The van der Waals surface area contributed by atoms with Gasteiger partial charge in [0, 0.05) is 6.54 Å². The molecule has 0 saturated carbocycles. The molecule has 1 unspecified atom stereocenters. The smallest absolute Gasteiger partial charge is 0.00473 e. The monoisotopic (exact) mass is 153 g/mol. The summed E-state index contributed by atoms with van der Waals surface area (Å²) < 4.78 is 0. The number of allylic oxidation sites excluding steroid dienone is 1. The Morgan fingerprint density at radius 2 is 2.36 bits per heavy atom. The van der Waals surface area contributed by atoms with Gasteiger partial charge in [-0.3, -0.25) is 0 Å². The summed E-state index contributed by atoms with van der Waals surface area (Å²) in [5.74, 6) is 0.847. The van der Waals surface area contributed by atoms with Crippen molar-refractivity contribution in [2.45, 2.75) is 27.2 Å². The van der Waals surface area contributed by atoms with Crippen LogP contribution >= 0.6 is 0 Å². The third-order valence-corrected chi connectivity index (χ3v) is 2.82. The van der Waals surface area contributed by atoms with E-state index in [0.29, 0.717) is 0 Å². The fourth-order valence-corrected chi connectivity index (χ4v) is 1.73. The Labute approximate surface area is 70.1 Å². The average molecular weight is 153 g/mol. The minimum atomic E-state index is 0.847. The van der Waals surface area contributed by atoms with E-state index in [4.69, 9.17) is 0 Å². The lowest BCUT2D eigenvalue weighted by atomic mass is 10.00. The van der Waals surface area contributed by atoms with Gasteiger partial charge in [0.1, 0.15) is 0 Å². The van der Waals surface area contributed by atoms with Crippen molar-refractivity contribution >= 4 is 0 Å². The quantitative estimate of drug-likeness (QED) is 0.550. The van der Waals surface area contributed by atoms with E-state index in [-0.39, 0.29) is 0 Å². The molecule has 0 aromatic carbocycles. The minimum Gasteiger partial charge on any atom is -0.303 e. The molecule has 0 bridgehead atoms. The van der Waals surface area contributed by atoms with E-state index in [1.165, 1.54) is 26.1 Å². The number of rotatable bonds is 2. The number of hydrogen-bond acceptors (Lipinski definition) is 1. The van der Waals surface area contributed by atoms with Crippen LogP contribution in [0.1, 0.15) is 27.2 Å². The second-order valence-electron chi connectivity index (χ2n) is 3.41. The molecule has 0 N–H and O–H groups in total. The molecule has 1 heterocycles. The lowest BCUT2D eigenvalue weighted by molar-refractivity contribution is 0.349. The van der Waals surface area contributed by atoms with Crippen LogP contribution in [0.25, 0.3) is 0 Å². The van der Waals surface area contributed by atoms with Gasteiger partial charge in [-0.1, -0.05) is 18.6 Å². The fraction of sp³-hybridized carbons (Fsp3) is 0.800. The first-order valence-electron chi connectivity index (χ1n) is 4.63. The molecule has 0 amide bonds. The third-order valence-electron chi connectivity index (χ3n) is 2.82. The zero-order chi connectivity index (χ0) is 8.27. The summed E-state index contributed by atoms with van der Waals surface area (Å²) >= 11 is 0. The fourth-order valence-electron chi connectivity index (χ4n) is 1.73. The molecule has 11 heavy (non-hydrogen) atoms. The molecular weight excluding hydrogens is 134 g/mol.